The molecular weight excluding hydrogens is 633 g/mol. The predicted molar refractivity (Wildman–Crippen MR) is 216 cm³/mol. The SMILES string of the molecule is c1ccc2c(c1)-c1nc3ccccc3nc1-n1c3ccccc3c3cc(-c4ccc5c(c4)c4ccccc4n5-c4ccc5ccccc5c4)cc-2c31. The summed E-state index contributed by atoms with van der Waals surface area (Å²) in [4.78, 5) is 10.6. The van der Waals surface area contributed by atoms with Crippen LogP contribution in [0.2, 0.25) is 0 Å². The van der Waals surface area contributed by atoms with E-state index in [1.807, 2.05) is 12.1 Å². The lowest BCUT2D eigenvalue weighted by Gasteiger charge is -2.12. The van der Waals surface area contributed by atoms with Gasteiger partial charge in [0.15, 0.2) is 5.82 Å². The second-order valence-corrected chi connectivity index (χ2v) is 13.8. The Morgan fingerprint density at radius 1 is 0.365 bits per heavy atom. The second-order valence-electron chi connectivity index (χ2n) is 13.8. The monoisotopic (exact) mass is 660 g/mol. The summed E-state index contributed by atoms with van der Waals surface area (Å²) in [6.07, 6.45) is 0. The standard InChI is InChI=1S/C48H28N4/c1-2-12-30-25-33(23-21-29(30)11-1)51-43-19-9-5-14-35(43)38-26-31(22-24-45(38)51)32-27-39-34-13-3-4-16-37(34)46-48(50-42-18-8-7-17-41(42)49-46)52-44-20-10-6-15-36(44)40(28-32)47(39)52/h1-28H. The molecule has 240 valence electrons. The highest BCUT2D eigenvalue weighted by Gasteiger charge is 2.27. The van der Waals surface area contributed by atoms with Crippen LogP contribution in [-0.4, -0.2) is 19.1 Å². The summed E-state index contributed by atoms with van der Waals surface area (Å²) in [6, 6.07) is 61.4. The Labute approximate surface area is 298 Å². The number of rotatable bonds is 2. The minimum Gasteiger partial charge on any atom is -0.309 e. The van der Waals surface area contributed by atoms with Gasteiger partial charge in [-0.2, -0.15) is 0 Å². The van der Waals surface area contributed by atoms with Crippen LogP contribution in [0, 0.1) is 0 Å². The van der Waals surface area contributed by atoms with Gasteiger partial charge in [-0.15, -0.1) is 0 Å². The van der Waals surface area contributed by atoms with Crippen molar-refractivity contribution in [1.29, 1.82) is 0 Å². The van der Waals surface area contributed by atoms with Crippen LogP contribution in [-0.2, 0) is 0 Å². The first-order valence-electron chi connectivity index (χ1n) is 17.8. The molecule has 11 aromatic rings. The third-order valence-electron chi connectivity index (χ3n) is 11.0. The Balaban J connectivity index is 1.15. The number of hydrogen-bond acceptors (Lipinski definition) is 2. The van der Waals surface area contributed by atoms with Crippen LogP contribution < -0.4 is 0 Å². The van der Waals surface area contributed by atoms with Gasteiger partial charge in [-0.05, 0) is 88.1 Å². The van der Waals surface area contributed by atoms with Gasteiger partial charge in [0, 0.05) is 38.4 Å². The molecule has 0 radical (unpaired) electrons. The Morgan fingerprint density at radius 3 is 1.85 bits per heavy atom. The van der Waals surface area contributed by atoms with E-state index < -0.39 is 0 Å². The molecule has 3 aromatic heterocycles. The van der Waals surface area contributed by atoms with Gasteiger partial charge in [0.1, 0.15) is 5.69 Å². The van der Waals surface area contributed by atoms with Crippen molar-refractivity contribution < 1.29 is 0 Å². The molecule has 4 nitrogen and oxygen atoms in total. The van der Waals surface area contributed by atoms with E-state index in [0.29, 0.717) is 0 Å². The van der Waals surface area contributed by atoms with Gasteiger partial charge in [0.2, 0.25) is 0 Å². The van der Waals surface area contributed by atoms with Crippen molar-refractivity contribution in [2.24, 2.45) is 0 Å². The van der Waals surface area contributed by atoms with Crippen molar-refractivity contribution in [3.05, 3.63) is 170 Å². The summed E-state index contributed by atoms with van der Waals surface area (Å²) < 4.78 is 4.75. The summed E-state index contributed by atoms with van der Waals surface area (Å²) in [7, 11) is 0. The lowest BCUT2D eigenvalue weighted by molar-refractivity contribution is 1.09. The number of benzene rings is 8. The van der Waals surface area contributed by atoms with Gasteiger partial charge in [-0.25, -0.2) is 9.97 Å². The lowest BCUT2D eigenvalue weighted by atomic mass is 9.92. The summed E-state index contributed by atoms with van der Waals surface area (Å²) in [5.74, 6) is 0.867. The van der Waals surface area contributed by atoms with Gasteiger partial charge >= 0.3 is 0 Å². The summed E-state index contributed by atoms with van der Waals surface area (Å²) in [5.41, 5.74) is 14.3. The minimum atomic E-state index is 0.867. The Hall–Kier alpha value is -7.04. The molecule has 4 heteroatoms. The molecule has 8 aromatic carbocycles. The minimum absolute atomic E-state index is 0.867. The maximum atomic E-state index is 5.31. The Morgan fingerprint density at radius 2 is 1.00 bits per heavy atom. The molecule has 0 amide bonds. The van der Waals surface area contributed by atoms with Crippen LogP contribution in [0.3, 0.4) is 0 Å². The zero-order chi connectivity index (χ0) is 33.9. The molecule has 0 saturated heterocycles. The van der Waals surface area contributed by atoms with E-state index in [9.17, 15) is 0 Å². The molecule has 0 fully saturated rings. The third-order valence-corrected chi connectivity index (χ3v) is 11.0. The average Bonchev–Trinajstić information content (AvgIpc) is 3.68. The molecule has 0 N–H and O–H groups in total. The molecule has 12 rings (SSSR count). The van der Waals surface area contributed by atoms with Gasteiger partial charge < -0.3 is 4.57 Å². The maximum absolute atomic E-state index is 5.31. The van der Waals surface area contributed by atoms with E-state index in [2.05, 4.69) is 167 Å². The van der Waals surface area contributed by atoms with Gasteiger partial charge in [0.25, 0.3) is 0 Å². The fourth-order valence-electron chi connectivity index (χ4n) is 8.69. The van der Waals surface area contributed by atoms with Crippen molar-refractivity contribution in [1.82, 2.24) is 19.1 Å². The summed E-state index contributed by atoms with van der Waals surface area (Å²) >= 11 is 0. The highest BCUT2D eigenvalue weighted by atomic mass is 15.1. The summed E-state index contributed by atoms with van der Waals surface area (Å²) in [5, 5.41) is 7.38. The molecule has 52 heavy (non-hydrogen) atoms. The number of aromatic nitrogens is 4. The number of fused-ring (bicyclic) bond motifs is 13. The first kappa shape index (κ1) is 27.7. The van der Waals surface area contributed by atoms with E-state index in [-0.39, 0.29) is 0 Å². The van der Waals surface area contributed by atoms with Gasteiger partial charge in [-0.1, -0.05) is 109 Å². The third kappa shape index (κ3) is 3.75. The number of nitrogens with zero attached hydrogens (tertiary/aromatic N) is 4. The lowest BCUT2D eigenvalue weighted by Crippen LogP contribution is -2.02. The Bertz CT molecular complexity index is 3310. The molecule has 0 atom stereocenters. The van der Waals surface area contributed by atoms with Gasteiger partial charge in [0.05, 0.1) is 33.1 Å². The van der Waals surface area contributed by atoms with Crippen LogP contribution in [0.25, 0.3) is 110 Å². The molecule has 1 aliphatic rings. The van der Waals surface area contributed by atoms with E-state index in [0.717, 1.165) is 44.7 Å². The van der Waals surface area contributed by atoms with Gasteiger partial charge in [-0.3, -0.25) is 4.57 Å². The van der Waals surface area contributed by atoms with Crippen LogP contribution >= 0.6 is 0 Å². The zero-order valence-electron chi connectivity index (χ0n) is 28.0. The van der Waals surface area contributed by atoms with Crippen LogP contribution in [0.5, 0.6) is 0 Å². The molecule has 0 aliphatic carbocycles. The van der Waals surface area contributed by atoms with Crippen molar-refractivity contribution >= 4 is 65.4 Å². The van der Waals surface area contributed by atoms with Crippen molar-refractivity contribution in [2.45, 2.75) is 0 Å². The van der Waals surface area contributed by atoms with E-state index in [1.54, 1.807) is 0 Å². The molecule has 0 spiro atoms. The fourth-order valence-corrected chi connectivity index (χ4v) is 8.69. The molecule has 0 unspecified atom stereocenters. The number of para-hydroxylation sites is 4. The fraction of sp³-hybridized carbons (Fsp3) is 0. The first-order chi connectivity index (χ1) is 25.8. The Kier molecular flexibility index (Phi) is 5.47. The van der Waals surface area contributed by atoms with Crippen LogP contribution in [0.15, 0.2) is 170 Å². The molecule has 1 aliphatic heterocycles. The molecule has 0 saturated carbocycles. The smallest absolute Gasteiger partial charge is 0.165 e. The van der Waals surface area contributed by atoms with Crippen LogP contribution in [0.4, 0.5) is 0 Å². The van der Waals surface area contributed by atoms with Crippen molar-refractivity contribution in [2.75, 3.05) is 0 Å². The summed E-state index contributed by atoms with van der Waals surface area (Å²) in [6.45, 7) is 0. The maximum Gasteiger partial charge on any atom is 0.165 e. The van der Waals surface area contributed by atoms with E-state index >= 15 is 0 Å². The van der Waals surface area contributed by atoms with Crippen molar-refractivity contribution in [3.8, 4) is 45.0 Å². The van der Waals surface area contributed by atoms with E-state index in [4.69, 9.17) is 9.97 Å². The highest BCUT2D eigenvalue weighted by Crippen LogP contribution is 2.48. The zero-order valence-corrected chi connectivity index (χ0v) is 28.0. The average molecular weight is 661 g/mol. The molecule has 4 heterocycles. The normalized spacial score (nSPS) is 12.2. The van der Waals surface area contributed by atoms with Crippen molar-refractivity contribution in [3.63, 3.8) is 0 Å². The largest absolute Gasteiger partial charge is 0.309 e. The predicted octanol–water partition coefficient (Wildman–Crippen LogP) is 12.3. The topological polar surface area (TPSA) is 35.6 Å². The van der Waals surface area contributed by atoms with E-state index in [1.165, 1.54) is 65.7 Å². The quantitative estimate of drug-likeness (QED) is 0.185. The highest BCUT2D eigenvalue weighted by molar-refractivity contribution is 6.18. The number of hydrogen-bond donors (Lipinski definition) is 0. The first-order valence-corrected chi connectivity index (χ1v) is 17.8. The molecule has 0 bridgehead atoms. The van der Waals surface area contributed by atoms with Crippen LogP contribution in [0.1, 0.15) is 0 Å². The second kappa shape index (κ2) is 10.3. The molecular formula is C48H28N4.